The van der Waals surface area contributed by atoms with Gasteiger partial charge in [0.15, 0.2) is 0 Å². The maximum atomic E-state index is 13.4. The third-order valence-electron chi connectivity index (χ3n) is 5.22. The first kappa shape index (κ1) is 20.7. The van der Waals surface area contributed by atoms with E-state index in [1.54, 1.807) is 54.3 Å². The Bertz CT molecular complexity index is 1110. The molecule has 31 heavy (non-hydrogen) atoms. The molecule has 1 aromatic heterocycles. The van der Waals surface area contributed by atoms with Gasteiger partial charge < -0.3 is 15.4 Å². The van der Waals surface area contributed by atoms with Crippen molar-refractivity contribution in [3.63, 3.8) is 0 Å². The molecule has 0 radical (unpaired) electrons. The molecular formula is C23H23FN4O3. The summed E-state index contributed by atoms with van der Waals surface area (Å²) >= 11 is 0. The number of nitrogens with one attached hydrogen (secondary N) is 2. The predicted octanol–water partition coefficient (Wildman–Crippen LogP) is 3.37. The van der Waals surface area contributed by atoms with Crippen LogP contribution in [0.3, 0.4) is 0 Å². The van der Waals surface area contributed by atoms with Gasteiger partial charge in [-0.25, -0.2) is 9.07 Å². The minimum absolute atomic E-state index is 0.192. The number of carbonyl (C=O) groups excluding carboxylic acids is 2. The number of aromatic nitrogens is 2. The maximum absolute atomic E-state index is 13.4. The SMILES string of the molecule is Cc1c(NC(=O)[C@@H]2CCCO2)cccc1C(=O)NCc1cnn(-c2cccc(F)c2)c1. The highest BCUT2D eigenvalue weighted by atomic mass is 19.1. The van der Waals surface area contributed by atoms with Crippen molar-refractivity contribution in [3.05, 3.63) is 77.4 Å². The third-order valence-corrected chi connectivity index (χ3v) is 5.22. The molecule has 2 heterocycles. The van der Waals surface area contributed by atoms with E-state index in [0.717, 1.165) is 12.0 Å². The topological polar surface area (TPSA) is 85.2 Å². The second-order valence-corrected chi connectivity index (χ2v) is 7.42. The summed E-state index contributed by atoms with van der Waals surface area (Å²) in [5, 5.41) is 9.94. The Labute approximate surface area is 179 Å². The number of ether oxygens (including phenoxy) is 1. The van der Waals surface area contributed by atoms with Crippen LogP contribution in [-0.2, 0) is 16.1 Å². The molecule has 7 nitrogen and oxygen atoms in total. The average Bonchev–Trinajstić information content (AvgIpc) is 3.46. The first-order valence-corrected chi connectivity index (χ1v) is 10.1. The number of rotatable bonds is 6. The lowest BCUT2D eigenvalue weighted by Gasteiger charge is -2.14. The van der Waals surface area contributed by atoms with Gasteiger partial charge in [0.25, 0.3) is 11.8 Å². The second kappa shape index (κ2) is 9.09. The first-order chi connectivity index (χ1) is 15.0. The van der Waals surface area contributed by atoms with Gasteiger partial charge in [-0.05, 0) is 55.7 Å². The smallest absolute Gasteiger partial charge is 0.253 e. The van der Waals surface area contributed by atoms with Crippen molar-refractivity contribution in [3.8, 4) is 5.69 Å². The van der Waals surface area contributed by atoms with E-state index < -0.39 is 6.10 Å². The van der Waals surface area contributed by atoms with Crippen LogP contribution in [-0.4, -0.2) is 34.3 Å². The number of anilines is 1. The molecule has 1 fully saturated rings. The highest BCUT2D eigenvalue weighted by Gasteiger charge is 2.24. The number of nitrogens with zero attached hydrogens (tertiary/aromatic N) is 2. The first-order valence-electron chi connectivity index (χ1n) is 10.1. The Hall–Kier alpha value is -3.52. The van der Waals surface area contributed by atoms with E-state index in [-0.39, 0.29) is 24.2 Å². The lowest BCUT2D eigenvalue weighted by molar-refractivity contribution is -0.124. The lowest BCUT2D eigenvalue weighted by atomic mass is 10.1. The number of hydrogen-bond donors (Lipinski definition) is 2. The molecule has 1 atom stereocenters. The molecule has 160 valence electrons. The average molecular weight is 422 g/mol. The molecule has 2 amide bonds. The van der Waals surface area contributed by atoms with E-state index in [1.807, 2.05) is 0 Å². The Morgan fingerprint density at radius 3 is 2.87 bits per heavy atom. The Morgan fingerprint density at radius 1 is 1.26 bits per heavy atom. The van der Waals surface area contributed by atoms with Crippen molar-refractivity contribution < 1.29 is 18.7 Å². The normalized spacial score (nSPS) is 15.6. The summed E-state index contributed by atoms with van der Waals surface area (Å²) in [6, 6.07) is 11.3. The molecule has 0 unspecified atom stereocenters. The fraction of sp³-hybridized carbons (Fsp3) is 0.261. The summed E-state index contributed by atoms with van der Waals surface area (Å²) in [5.41, 5.74) is 3.12. The fourth-order valence-corrected chi connectivity index (χ4v) is 3.50. The van der Waals surface area contributed by atoms with Crippen molar-refractivity contribution in [2.75, 3.05) is 11.9 Å². The molecule has 0 saturated carbocycles. The maximum Gasteiger partial charge on any atom is 0.253 e. The van der Waals surface area contributed by atoms with Crippen LogP contribution < -0.4 is 10.6 Å². The number of halogens is 1. The van der Waals surface area contributed by atoms with Gasteiger partial charge in [-0.2, -0.15) is 5.10 Å². The van der Waals surface area contributed by atoms with E-state index in [2.05, 4.69) is 15.7 Å². The van der Waals surface area contributed by atoms with Gasteiger partial charge in [0.2, 0.25) is 0 Å². The largest absolute Gasteiger partial charge is 0.368 e. The van der Waals surface area contributed by atoms with E-state index in [1.165, 1.54) is 12.1 Å². The summed E-state index contributed by atoms with van der Waals surface area (Å²) in [6.07, 6.45) is 4.49. The highest BCUT2D eigenvalue weighted by Crippen LogP contribution is 2.21. The van der Waals surface area contributed by atoms with Gasteiger partial charge in [0, 0.05) is 36.2 Å². The molecule has 0 aliphatic carbocycles. The molecule has 2 aromatic carbocycles. The molecule has 8 heteroatoms. The van der Waals surface area contributed by atoms with Crippen molar-refractivity contribution in [1.82, 2.24) is 15.1 Å². The zero-order chi connectivity index (χ0) is 21.8. The van der Waals surface area contributed by atoms with Crippen LogP contribution in [0.2, 0.25) is 0 Å². The van der Waals surface area contributed by atoms with Gasteiger partial charge in [0.05, 0.1) is 11.9 Å². The van der Waals surface area contributed by atoms with Crippen LogP contribution in [0.1, 0.15) is 34.3 Å². The second-order valence-electron chi connectivity index (χ2n) is 7.42. The molecule has 0 spiro atoms. The summed E-state index contributed by atoms with van der Waals surface area (Å²) in [6.45, 7) is 2.65. The van der Waals surface area contributed by atoms with E-state index >= 15 is 0 Å². The van der Waals surface area contributed by atoms with Crippen LogP contribution in [0.25, 0.3) is 5.69 Å². The number of hydrogen-bond acceptors (Lipinski definition) is 4. The summed E-state index contributed by atoms with van der Waals surface area (Å²) in [7, 11) is 0. The summed E-state index contributed by atoms with van der Waals surface area (Å²) in [4.78, 5) is 25.1. The van der Waals surface area contributed by atoms with Crippen LogP contribution in [0.4, 0.5) is 10.1 Å². The van der Waals surface area contributed by atoms with Crippen molar-refractivity contribution in [2.45, 2.75) is 32.4 Å². The van der Waals surface area contributed by atoms with Crippen molar-refractivity contribution in [1.29, 1.82) is 0 Å². The van der Waals surface area contributed by atoms with Gasteiger partial charge >= 0.3 is 0 Å². The zero-order valence-corrected chi connectivity index (χ0v) is 17.1. The van der Waals surface area contributed by atoms with Crippen LogP contribution in [0, 0.1) is 12.7 Å². The Kier molecular flexibility index (Phi) is 6.08. The Morgan fingerprint density at radius 2 is 2.10 bits per heavy atom. The minimum atomic E-state index is -0.438. The van der Waals surface area contributed by atoms with Crippen molar-refractivity contribution >= 4 is 17.5 Å². The highest BCUT2D eigenvalue weighted by molar-refractivity contribution is 6.00. The van der Waals surface area contributed by atoms with Gasteiger partial charge in [0.1, 0.15) is 11.9 Å². The van der Waals surface area contributed by atoms with E-state index in [4.69, 9.17) is 4.74 Å². The molecule has 1 aliphatic rings. The van der Waals surface area contributed by atoms with Gasteiger partial charge in [-0.1, -0.05) is 12.1 Å². The number of carbonyl (C=O) groups is 2. The standard InChI is InChI=1S/C23H23FN4O3/c1-15-19(7-3-8-20(15)27-23(30)21-9-4-10-31-21)22(29)25-12-16-13-26-28(14-16)18-6-2-5-17(24)11-18/h2-3,5-8,11,13-14,21H,4,9-10,12H2,1H3,(H,25,29)(H,27,30)/t21-/m0/s1. The quantitative estimate of drug-likeness (QED) is 0.638. The Balaban J connectivity index is 1.40. The third kappa shape index (κ3) is 4.80. The lowest BCUT2D eigenvalue weighted by Crippen LogP contribution is -2.28. The van der Waals surface area contributed by atoms with Crippen LogP contribution >= 0.6 is 0 Å². The molecule has 2 N–H and O–H groups in total. The number of amides is 2. The van der Waals surface area contributed by atoms with Gasteiger partial charge in [-0.15, -0.1) is 0 Å². The monoisotopic (exact) mass is 422 g/mol. The predicted molar refractivity (Wildman–Crippen MR) is 113 cm³/mol. The molecule has 1 saturated heterocycles. The van der Waals surface area contributed by atoms with E-state index in [9.17, 15) is 14.0 Å². The molecule has 1 aliphatic heterocycles. The number of benzene rings is 2. The molecule has 0 bridgehead atoms. The molecule has 3 aromatic rings. The summed E-state index contributed by atoms with van der Waals surface area (Å²) < 4.78 is 20.4. The van der Waals surface area contributed by atoms with Crippen LogP contribution in [0.5, 0.6) is 0 Å². The molecule has 4 rings (SSSR count). The van der Waals surface area contributed by atoms with Crippen molar-refractivity contribution in [2.24, 2.45) is 0 Å². The van der Waals surface area contributed by atoms with Crippen LogP contribution in [0.15, 0.2) is 54.9 Å². The fourth-order valence-electron chi connectivity index (χ4n) is 3.50. The van der Waals surface area contributed by atoms with E-state index in [0.29, 0.717) is 35.5 Å². The van der Waals surface area contributed by atoms with Gasteiger partial charge in [-0.3, -0.25) is 9.59 Å². The molecular weight excluding hydrogens is 399 g/mol. The minimum Gasteiger partial charge on any atom is -0.368 e. The summed E-state index contributed by atoms with van der Waals surface area (Å²) in [5.74, 6) is -0.795. The zero-order valence-electron chi connectivity index (χ0n) is 17.1.